The summed E-state index contributed by atoms with van der Waals surface area (Å²) in [7, 11) is -1.39. The highest BCUT2D eigenvalue weighted by atomic mass is 28.3. The number of aliphatic hydroxyl groups excluding tert-OH is 1. The Bertz CT molecular complexity index is 398. The van der Waals surface area contributed by atoms with Crippen molar-refractivity contribution in [2.75, 3.05) is 11.4 Å². The molecule has 0 amide bonds. The minimum Gasteiger partial charge on any atom is -0.392 e. The Morgan fingerprint density at radius 2 is 1.82 bits per heavy atom. The molecule has 1 aromatic rings. The van der Waals surface area contributed by atoms with Crippen molar-refractivity contribution in [3.8, 4) is 11.6 Å². The predicted octanol–water partition coefficient (Wildman–Crippen LogP) is 2.71. The van der Waals surface area contributed by atoms with Crippen LogP contribution < -0.4 is 4.90 Å². The molecular weight excluding hydrogens is 226 g/mol. The first-order chi connectivity index (χ1) is 7.88. The monoisotopic (exact) mass is 247 g/mol. The summed E-state index contributed by atoms with van der Waals surface area (Å²) in [6, 6.07) is 13.2. The zero-order valence-corrected chi connectivity index (χ0v) is 12.1. The fraction of sp³-hybridized carbons (Fsp3) is 0.429. The first kappa shape index (κ1) is 13.8. The van der Waals surface area contributed by atoms with Crippen LogP contribution in [0.3, 0.4) is 0 Å². The van der Waals surface area contributed by atoms with Crippen LogP contribution in [0, 0.1) is 11.6 Å². The normalized spacial score (nSPS) is 12.5. The first-order valence-electron chi connectivity index (χ1n) is 5.92. The van der Waals surface area contributed by atoms with Gasteiger partial charge in [-0.2, -0.15) is 0 Å². The van der Waals surface area contributed by atoms with E-state index >= 15 is 0 Å². The molecule has 92 valence electrons. The summed E-state index contributed by atoms with van der Waals surface area (Å²) in [6.07, 6.45) is -0.383. The van der Waals surface area contributed by atoms with Gasteiger partial charge < -0.3 is 5.11 Å². The molecule has 0 aliphatic rings. The minimum atomic E-state index is -1.39. The minimum absolute atomic E-state index is 0.383. The molecule has 0 heterocycles. The lowest BCUT2D eigenvalue weighted by Gasteiger charge is -2.20. The van der Waals surface area contributed by atoms with E-state index in [9.17, 15) is 5.11 Å². The van der Waals surface area contributed by atoms with E-state index in [1.807, 2.05) is 35.2 Å². The van der Waals surface area contributed by atoms with Crippen LogP contribution in [-0.4, -0.2) is 25.8 Å². The van der Waals surface area contributed by atoms with Gasteiger partial charge in [0, 0.05) is 11.7 Å². The molecule has 0 bridgehead atoms. The van der Waals surface area contributed by atoms with E-state index in [1.54, 1.807) is 6.92 Å². The number of aliphatic hydroxyl groups is 1. The number of hydrogen-bond donors (Lipinski definition) is 1. The summed E-state index contributed by atoms with van der Waals surface area (Å²) in [5.74, 6) is 0. The molecular formula is C14H21NOSi. The van der Waals surface area contributed by atoms with Crippen molar-refractivity contribution in [2.24, 2.45) is 0 Å². The number of benzene rings is 1. The average molecular weight is 247 g/mol. The molecule has 0 aromatic heterocycles. The molecule has 0 aliphatic heterocycles. The number of anilines is 1. The van der Waals surface area contributed by atoms with Gasteiger partial charge in [-0.05, 0) is 19.1 Å². The molecule has 0 radical (unpaired) electrons. The van der Waals surface area contributed by atoms with Gasteiger partial charge in [0.15, 0.2) is 0 Å². The molecule has 1 unspecified atom stereocenters. The summed E-state index contributed by atoms with van der Waals surface area (Å²) in [6.45, 7) is 8.97. The third-order valence-corrected chi connectivity index (χ3v) is 2.94. The quantitative estimate of drug-likeness (QED) is 0.504. The van der Waals surface area contributed by atoms with Crippen LogP contribution in [0.25, 0.3) is 0 Å². The van der Waals surface area contributed by atoms with E-state index in [1.165, 1.54) is 0 Å². The Kier molecular flexibility index (Phi) is 4.80. The fourth-order valence-electron chi connectivity index (χ4n) is 1.32. The molecule has 0 fully saturated rings. The largest absolute Gasteiger partial charge is 0.392 e. The highest BCUT2D eigenvalue weighted by Gasteiger charge is 2.10. The highest BCUT2D eigenvalue weighted by Crippen LogP contribution is 2.12. The van der Waals surface area contributed by atoms with Crippen LogP contribution in [-0.2, 0) is 0 Å². The van der Waals surface area contributed by atoms with Crippen molar-refractivity contribution in [1.82, 2.24) is 0 Å². The van der Waals surface area contributed by atoms with Gasteiger partial charge in [-0.25, -0.2) is 0 Å². The van der Waals surface area contributed by atoms with Gasteiger partial charge in [-0.15, -0.1) is 5.54 Å². The van der Waals surface area contributed by atoms with Crippen molar-refractivity contribution in [3.05, 3.63) is 30.3 Å². The number of rotatable bonds is 3. The summed E-state index contributed by atoms with van der Waals surface area (Å²) in [5.41, 5.74) is 4.37. The molecule has 1 rings (SSSR count). The average Bonchev–Trinajstić information content (AvgIpc) is 2.24. The maximum Gasteiger partial charge on any atom is 0.131 e. The maximum atomic E-state index is 9.52. The predicted molar refractivity (Wildman–Crippen MR) is 76.6 cm³/mol. The smallest absolute Gasteiger partial charge is 0.131 e. The second kappa shape index (κ2) is 5.90. The second-order valence-corrected chi connectivity index (χ2v) is 10.0. The van der Waals surface area contributed by atoms with E-state index in [-0.39, 0.29) is 6.10 Å². The van der Waals surface area contributed by atoms with Crippen LogP contribution >= 0.6 is 0 Å². The topological polar surface area (TPSA) is 23.5 Å². The standard InChI is InChI=1S/C14H21NOSi/c1-13(16)12-15(10-11-17(2,3)4)14-8-6-5-7-9-14/h5-9,13,16H,12H2,1-4H3. The van der Waals surface area contributed by atoms with E-state index in [0.717, 1.165) is 5.69 Å². The molecule has 2 nitrogen and oxygen atoms in total. The van der Waals surface area contributed by atoms with Crippen LogP contribution in [0.4, 0.5) is 5.69 Å². The fourth-order valence-corrected chi connectivity index (χ4v) is 1.79. The lowest BCUT2D eigenvalue weighted by atomic mass is 10.3. The molecule has 1 aromatic carbocycles. The van der Waals surface area contributed by atoms with E-state index in [0.29, 0.717) is 6.54 Å². The zero-order valence-electron chi connectivity index (χ0n) is 11.1. The van der Waals surface area contributed by atoms with Crippen molar-refractivity contribution in [3.63, 3.8) is 0 Å². The van der Waals surface area contributed by atoms with Crippen LogP contribution in [0.1, 0.15) is 6.92 Å². The lowest BCUT2D eigenvalue weighted by molar-refractivity contribution is 0.203. The molecule has 0 spiro atoms. The second-order valence-electron chi connectivity index (χ2n) is 5.28. The Labute approximate surface area is 105 Å². The Morgan fingerprint density at radius 1 is 1.24 bits per heavy atom. The van der Waals surface area contributed by atoms with Gasteiger partial charge in [-0.1, -0.05) is 37.8 Å². The molecule has 0 saturated carbocycles. The number of hydrogen-bond acceptors (Lipinski definition) is 2. The number of nitrogens with zero attached hydrogens (tertiary/aromatic N) is 1. The van der Waals surface area contributed by atoms with Crippen LogP contribution in [0.2, 0.25) is 19.6 Å². The molecule has 1 N–H and O–H groups in total. The van der Waals surface area contributed by atoms with Crippen molar-refractivity contribution in [1.29, 1.82) is 0 Å². The first-order valence-corrected chi connectivity index (χ1v) is 9.42. The summed E-state index contributed by atoms with van der Waals surface area (Å²) in [4.78, 5) is 1.93. The molecule has 3 heteroatoms. The van der Waals surface area contributed by atoms with Gasteiger partial charge in [0.2, 0.25) is 0 Å². The number of para-hydroxylation sites is 1. The van der Waals surface area contributed by atoms with Crippen molar-refractivity contribution in [2.45, 2.75) is 32.7 Å². The summed E-state index contributed by atoms with van der Waals surface area (Å²) in [5, 5.41) is 9.52. The Balaban J connectivity index is 2.92. The highest BCUT2D eigenvalue weighted by molar-refractivity contribution is 6.83. The van der Waals surface area contributed by atoms with E-state index < -0.39 is 8.07 Å². The Morgan fingerprint density at radius 3 is 2.29 bits per heavy atom. The van der Waals surface area contributed by atoms with E-state index in [2.05, 4.69) is 31.2 Å². The molecule has 0 aliphatic carbocycles. The van der Waals surface area contributed by atoms with Gasteiger partial charge in [0.1, 0.15) is 8.07 Å². The van der Waals surface area contributed by atoms with Gasteiger partial charge in [0.25, 0.3) is 0 Å². The van der Waals surface area contributed by atoms with E-state index in [4.69, 9.17) is 0 Å². The van der Waals surface area contributed by atoms with Crippen molar-refractivity contribution >= 4 is 13.8 Å². The molecule has 17 heavy (non-hydrogen) atoms. The third kappa shape index (κ3) is 5.57. The van der Waals surface area contributed by atoms with Gasteiger partial charge >= 0.3 is 0 Å². The van der Waals surface area contributed by atoms with Gasteiger partial charge in [-0.3, -0.25) is 4.90 Å². The van der Waals surface area contributed by atoms with Crippen molar-refractivity contribution < 1.29 is 5.11 Å². The third-order valence-electron chi connectivity index (χ3n) is 2.08. The van der Waals surface area contributed by atoms with Crippen LogP contribution in [0.15, 0.2) is 30.3 Å². The Hall–Kier alpha value is -1.24. The molecule has 1 atom stereocenters. The SMILES string of the molecule is CC(O)CN(C#C[Si](C)(C)C)c1ccccc1. The summed E-state index contributed by atoms with van der Waals surface area (Å²) < 4.78 is 0. The lowest BCUT2D eigenvalue weighted by Crippen LogP contribution is -2.28. The zero-order chi connectivity index (χ0) is 12.9. The molecule has 0 saturated heterocycles. The van der Waals surface area contributed by atoms with Gasteiger partial charge in [0.05, 0.1) is 12.6 Å². The summed E-state index contributed by atoms with van der Waals surface area (Å²) >= 11 is 0. The van der Waals surface area contributed by atoms with Crippen LogP contribution in [0.5, 0.6) is 0 Å². The maximum absolute atomic E-state index is 9.52.